The Morgan fingerprint density at radius 1 is 1.12 bits per heavy atom. The van der Waals surface area contributed by atoms with Crippen molar-refractivity contribution in [1.29, 1.82) is 5.26 Å². The molecule has 2 aromatic carbocycles. The standard InChI is InChI=1S/C19H19ClN4O/c20-18-12-16(7-6-15(18)13-21)22-14-19(25)24-10-8-23(9-11-24)17-4-2-1-3-5-17/h1-7,12,22H,8-11,14H2. The van der Waals surface area contributed by atoms with Crippen molar-refractivity contribution >= 4 is 28.9 Å². The van der Waals surface area contributed by atoms with Gasteiger partial charge in [-0.2, -0.15) is 5.26 Å². The molecule has 0 aliphatic carbocycles. The van der Waals surface area contributed by atoms with Gasteiger partial charge in [0.25, 0.3) is 0 Å². The van der Waals surface area contributed by atoms with Gasteiger partial charge in [0.15, 0.2) is 0 Å². The lowest BCUT2D eigenvalue weighted by Crippen LogP contribution is -2.50. The molecule has 1 fully saturated rings. The molecule has 0 spiro atoms. The highest BCUT2D eigenvalue weighted by Gasteiger charge is 2.20. The maximum atomic E-state index is 12.4. The summed E-state index contributed by atoms with van der Waals surface area (Å²) in [5.74, 6) is 0.0631. The fourth-order valence-corrected chi connectivity index (χ4v) is 3.08. The maximum absolute atomic E-state index is 12.4. The van der Waals surface area contributed by atoms with E-state index in [1.807, 2.05) is 29.2 Å². The van der Waals surface area contributed by atoms with E-state index >= 15 is 0 Å². The van der Waals surface area contributed by atoms with Gasteiger partial charge in [-0.15, -0.1) is 0 Å². The average molecular weight is 355 g/mol. The van der Waals surface area contributed by atoms with Gasteiger partial charge in [0.2, 0.25) is 5.91 Å². The lowest BCUT2D eigenvalue weighted by atomic mass is 10.2. The molecule has 1 N–H and O–H groups in total. The predicted molar refractivity (Wildman–Crippen MR) is 99.9 cm³/mol. The van der Waals surface area contributed by atoms with E-state index in [4.69, 9.17) is 16.9 Å². The van der Waals surface area contributed by atoms with Crippen LogP contribution in [0.3, 0.4) is 0 Å². The zero-order valence-electron chi connectivity index (χ0n) is 13.8. The number of hydrogen-bond acceptors (Lipinski definition) is 4. The van der Waals surface area contributed by atoms with Crippen LogP contribution in [0, 0.1) is 11.3 Å². The summed E-state index contributed by atoms with van der Waals surface area (Å²) in [6, 6.07) is 17.3. The molecule has 1 amide bonds. The van der Waals surface area contributed by atoms with E-state index in [-0.39, 0.29) is 12.5 Å². The fourth-order valence-electron chi connectivity index (χ4n) is 2.86. The number of nitrogens with zero attached hydrogens (tertiary/aromatic N) is 3. The molecule has 6 heteroatoms. The molecule has 0 aromatic heterocycles. The highest BCUT2D eigenvalue weighted by atomic mass is 35.5. The van der Waals surface area contributed by atoms with Crippen LogP contribution in [0.15, 0.2) is 48.5 Å². The minimum atomic E-state index is 0.0631. The van der Waals surface area contributed by atoms with Gasteiger partial charge in [-0.25, -0.2) is 0 Å². The minimum absolute atomic E-state index is 0.0631. The first kappa shape index (κ1) is 17.1. The summed E-state index contributed by atoms with van der Waals surface area (Å²) in [6.07, 6.45) is 0. The molecule has 1 saturated heterocycles. The third-order valence-electron chi connectivity index (χ3n) is 4.29. The molecular formula is C19H19ClN4O. The van der Waals surface area contributed by atoms with Crippen molar-refractivity contribution in [3.8, 4) is 6.07 Å². The Bertz CT molecular complexity index is 780. The lowest BCUT2D eigenvalue weighted by molar-refractivity contribution is -0.129. The fraction of sp³-hybridized carbons (Fsp3) is 0.263. The lowest BCUT2D eigenvalue weighted by Gasteiger charge is -2.36. The van der Waals surface area contributed by atoms with E-state index in [1.54, 1.807) is 18.2 Å². The van der Waals surface area contributed by atoms with Crippen LogP contribution < -0.4 is 10.2 Å². The summed E-state index contributed by atoms with van der Waals surface area (Å²) in [5.41, 5.74) is 2.36. The van der Waals surface area contributed by atoms with Crippen molar-refractivity contribution in [2.45, 2.75) is 0 Å². The number of anilines is 2. The van der Waals surface area contributed by atoms with E-state index < -0.39 is 0 Å². The number of para-hydroxylation sites is 1. The number of carbonyl (C=O) groups excluding carboxylic acids is 1. The van der Waals surface area contributed by atoms with Gasteiger partial charge in [0.1, 0.15) is 6.07 Å². The van der Waals surface area contributed by atoms with Crippen LogP contribution in [-0.4, -0.2) is 43.5 Å². The van der Waals surface area contributed by atoms with Crippen molar-refractivity contribution < 1.29 is 4.79 Å². The zero-order valence-corrected chi connectivity index (χ0v) is 14.5. The topological polar surface area (TPSA) is 59.4 Å². The van der Waals surface area contributed by atoms with Crippen molar-refractivity contribution in [1.82, 2.24) is 4.90 Å². The van der Waals surface area contributed by atoms with Crippen LogP contribution in [0.5, 0.6) is 0 Å². The molecule has 2 aromatic rings. The maximum Gasteiger partial charge on any atom is 0.241 e. The predicted octanol–water partition coefficient (Wildman–Crippen LogP) is 2.97. The van der Waals surface area contributed by atoms with Gasteiger partial charge in [-0.1, -0.05) is 29.8 Å². The summed E-state index contributed by atoms with van der Waals surface area (Å²) >= 11 is 6.00. The molecule has 0 atom stereocenters. The molecule has 0 bridgehead atoms. The first-order valence-electron chi connectivity index (χ1n) is 8.18. The number of hydrogen-bond donors (Lipinski definition) is 1. The van der Waals surface area contributed by atoms with E-state index in [0.29, 0.717) is 23.7 Å². The van der Waals surface area contributed by atoms with Crippen LogP contribution in [0.1, 0.15) is 5.56 Å². The van der Waals surface area contributed by atoms with Gasteiger partial charge in [0.05, 0.1) is 17.1 Å². The van der Waals surface area contributed by atoms with Crippen LogP contribution in [0.25, 0.3) is 0 Å². The number of halogens is 1. The summed E-state index contributed by atoms with van der Waals surface area (Å²) in [5, 5.41) is 12.3. The van der Waals surface area contributed by atoms with Crippen LogP contribution in [0.4, 0.5) is 11.4 Å². The molecule has 5 nitrogen and oxygen atoms in total. The molecule has 3 rings (SSSR count). The number of amides is 1. The molecule has 1 heterocycles. The number of nitriles is 1. The SMILES string of the molecule is N#Cc1ccc(NCC(=O)N2CCN(c3ccccc3)CC2)cc1Cl. The van der Waals surface area contributed by atoms with E-state index in [2.05, 4.69) is 22.3 Å². The van der Waals surface area contributed by atoms with Crippen LogP contribution >= 0.6 is 11.6 Å². The Morgan fingerprint density at radius 2 is 1.84 bits per heavy atom. The van der Waals surface area contributed by atoms with Crippen molar-refractivity contribution in [3.63, 3.8) is 0 Å². The van der Waals surface area contributed by atoms with Crippen molar-refractivity contribution in [2.75, 3.05) is 42.9 Å². The smallest absolute Gasteiger partial charge is 0.241 e. The summed E-state index contributed by atoms with van der Waals surface area (Å²) in [4.78, 5) is 16.5. The first-order valence-corrected chi connectivity index (χ1v) is 8.56. The number of rotatable bonds is 4. The Kier molecular flexibility index (Phi) is 5.42. The minimum Gasteiger partial charge on any atom is -0.376 e. The quantitative estimate of drug-likeness (QED) is 0.917. The third-order valence-corrected chi connectivity index (χ3v) is 4.60. The highest BCUT2D eigenvalue weighted by Crippen LogP contribution is 2.20. The third kappa shape index (κ3) is 4.23. The van der Waals surface area contributed by atoms with Crippen LogP contribution in [0.2, 0.25) is 5.02 Å². The Labute approximate surface area is 152 Å². The second-order valence-corrected chi connectivity index (χ2v) is 6.27. The van der Waals surface area contributed by atoms with Gasteiger partial charge >= 0.3 is 0 Å². The molecule has 128 valence electrons. The first-order chi connectivity index (χ1) is 12.2. The highest BCUT2D eigenvalue weighted by molar-refractivity contribution is 6.32. The number of nitrogens with one attached hydrogen (secondary N) is 1. The molecule has 0 saturated carbocycles. The number of benzene rings is 2. The summed E-state index contributed by atoms with van der Waals surface area (Å²) in [6.45, 7) is 3.30. The normalized spacial score (nSPS) is 14.1. The van der Waals surface area contributed by atoms with E-state index in [9.17, 15) is 4.79 Å². The molecular weight excluding hydrogens is 336 g/mol. The number of carbonyl (C=O) groups is 1. The second-order valence-electron chi connectivity index (χ2n) is 5.86. The molecule has 0 radical (unpaired) electrons. The monoisotopic (exact) mass is 354 g/mol. The largest absolute Gasteiger partial charge is 0.376 e. The van der Waals surface area contributed by atoms with Crippen molar-refractivity contribution in [3.05, 3.63) is 59.1 Å². The van der Waals surface area contributed by atoms with Gasteiger partial charge in [-0.3, -0.25) is 4.79 Å². The molecule has 1 aliphatic rings. The summed E-state index contributed by atoms with van der Waals surface area (Å²) in [7, 11) is 0. The van der Waals surface area contributed by atoms with E-state index in [0.717, 1.165) is 18.8 Å². The zero-order chi connectivity index (χ0) is 17.6. The summed E-state index contributed by atoms with van der Waals surface area (Å²) < 4.78 is 0. The molecule has 0 unspecified atom stereocenters. The van der Waals surface area contributed by atoms with E-state index in [1.165, 1.54) is 5.69 Å². The van der Waals surface area contributed by atoms with Gasteiger partial charge < -0.3 is 15.1 Å². The van der Waals surface area contributed by atoms with Crippen molar-refractivity contribution in [2.24, 2.45) is 0 Å². The molecule has 1 aliphatic heterocycles. The van der Waals surface area contributed by atoms with Gasteiger partial charge in [-0.05, 0) is 30.3 Å². The Hall–Kier alpha value is -2.71. The Balaban J connectivity index is 1.50. The van der Waals surface area contributed by atoms with Crippen LogP contribution in [-0.2, 0) is 4.79 Å². The molecule has 25 heavy (non-hydrogen) atoms. The van der Waals surface area contributed by atoms with Gasteiger partial charge in [0, 0.05) is 37.6 Å². The number of piperazine rings is 1. The second kappa shape index (κ2) is 7.91. The Morgan fingerprint density at radius 3 is 2.48 bits per heavy atom. The average Bonchev–Trinajstić information content (AvgIpc) is 2.67.